The van der Waals surface area contributed by atoms with Crippen molar-refractivity contribution in [2.45, 2.75) is 5.22 Å². The zero-order valence-corrected chi connectivity index (χ0v) is 15.9. The second-order valence-corrected chi connectivity index (χ2v) is 7.40. The van der Waals surface area contributed by atoms with Gasteiger partial charge in [-0.25, -0.2) is 0 Å². The molecule has 0 saturated heterocycles. The molecular formula is C16H9BrCl2N2O2S. The highest BCUT2D eigenvalue weighted by molar-refractivity contribution is 9.10. The van der Waals surface area contributed by atoms with Crippen molar-refractivity contribution in [1.82, 2.24) is 10.2 Å². The van der Waals surface area contributed by atoms with Gasteiger partial charge in [0.25, 0.3) is 5.22 Å². The van der Waals surface area contributed by atoms with Crippen molar-refractivity contribution in [3.63, 3.8) is 0 Å². The Morgan fingerprint density at radius 1 is 1.12 bits per heavy atom. The fourth-order valence-corrected chi connectivity index (χ4v) is 3.32. The topological polar surface area (TPSA) is 56.0 Å². The van der Waals surface area contributed by atoms with Crippen molar-refractivity contribution < 1.29 is 9.21 Å². The lowest BCUT2D eigenvalue weighted by atomic mass is 10.1. The Bertz CT molecular complexity index is 884. The van der Waals surface area contributed by atoms with Crippen LogP contribution in [0.25, 0.3) is 11.5 Å². The Morgan fingerprint density at radius 3 is 2.58 bits per heavy atom. The van der Waals surface area contributed by atoms with E-state index in [1.807, 2.05) is 24.3 Å². The van der Waals surface area contributed by atoms with Crippen LogP contribution in [-0.2, 0) is 0 Å². The number of rotatable bonds is 5. The molecule has 0 atom stereocenters. The molecule has 4 nitrogen and oxygen atoms in total. The summed E-state index contributed by atoms with van der Waals surface area (Å²) in [5, 5.41) is 9.07. The molecule has 0 amide bonds. The predicted octanol–water partition coefficient (Wildman–Crippen LogP) is 5.78. The smallest absolute Gasteiger partial charge is 0.277 e. The van der Waals surface area contributed by atoms with Crippen LogP contribution in [0, 0.1) is 0 Å². The fourth-order valence-electron chi connectivity index (χ4n) is 1.90. The maximum absolute atomic E-state index is 12.2. The van der Waals surface area contributed by atoms with E-state index in [2.05, 4.69) is 26.1 Å². The first-order valence-electron chi connectivity index (χ1n) is 6.73. The van der Waals surface area contributed by atoms with Crippen LogP contribution in [0.5, 0.6) is 0 Å². The number of thioether (sulfide) groups is 1. The number of benzene rings is 2. The quantitative estimate of drug-likeness (QED) is 0.369. The van der Waals surface area contributed by atoms with E-state index in [9.17, 15) is 4.79 Å². The van der Waals surface area contributed by atoms with Crippen LogP contribution in [0.2, 0.25) is 10.0 Å². The molecule has 0 bridgehead atoms. The number of halogens is 3. The minimum absolute atomic E-state index is 0.134. The molecule has 0 N–H and O–H groups in total. The lowest BCUT2D eigenvalue weighted by Crippen LogP contribution is -2.03. The van der Waals surface area contributed by atoms with Crippen molar-refractivity contribution in [3.05, 3.63) is 62.5 Å². The summed E-state index contributed by atoms with van der Waals surface area (Å²) >= 11 is 16.4. The van der Waals surface area contributed by atoms with Gasteiger partial charge in [0.05, 0.1) is 10.8 Å². The molecule has 0 spiro atoms. The number of nitrogens with zero attached hydrogens (tertiary/aromatic N) is 2. The maximum atomic E-state index is 12.2. The molecule has 3 aromatic rings. The first-order valence-corrected chi connectivity index (χ1v) is 9.27. The number of Topliss-reactive ketones (excluding diaryl/α,β-unsaturated/α-hetero) is 1. The number of hydrogen-bond donors (Lipinski definition) is 0. The van der Waals surface area contributed by atoms with E-state index in [1.54, 1.807) is 18.2 Å². The van der Waals surface area contributed by atoms with E-state index in [1.165, 1.54) is 0 Å². The third kappa shape index (κ3) is 4.19. The third-order valence-corrected chi connectivity index (χ3v) is 4.95. The van der Waals surface area contributed by atoms with E-state index in [-0.39, 0.29) is 11.5 Å². The van der Waals surface area contributed by atoms with Crippen LogP contribution >= 0.6 is 50.9 Å². The van der Waals surface area contributed by atoms with Crippen molar-refractivity contribution in [2.24, 2.45) is 0 Å². The predicted molar refractivity (Wildman–Crippen MR) is 99.0 cm³/mol. The SMILES string of the molecule is O=C(CSc1nnc(-c2ccc(Br)cc2)o1)c1ccc(Cl)cc1Cl. The summed E-state index contributed by atoms with van der Waals surface area (Å²) in [6.07, 6.45) is 0. The molecule has 0 aliphatic heterocycles. The van der Waals surface area contributed by atoms with Gasteiger partial charge < -0.3 is 4.42 Å². The molecule has 0 unspecified atom stereocenters. The number of carbonyl (C=O) groups is 1. The molecule has 0 aliphatic rings. The lowest BCUT2D eigenvalue weighted by Gasteiger charge is -2.02. The van der Waals surface area contributed by atoms with Gasteiger partial charge in [0.1, 0.15) is 0 Å². The summed E-state index contributed by atoms with van der Waals surface area (Å²) in [6.45, 7) is 0. The standard InChI is InChI=1S/C16H9BrCl2N2O2S/c17-10-3-1-9(2-4-10)15-20-21-16(23-15)24-8-14(22)12-6-5-11(18)7-13(12)19/h1-7H,8H2. The van der Waals surface area contributed by atoms with Crippen LogP contribution in [0.4, 0.5) is 0 Å². The first-order chi connectivity index (χ1) is 11.5. The second-order valence-electron chi connectivity index (χ2n) is 4.72. The molecule has 0 fully saturated rings. The Morgan fingerprint density at radius 2 is 1.88 bits per heavy atom. The zero-order valence-electron chi connectivity index (χ0n) is 12.0. The van der Waals surface area contributed by atoms with E-state index >= 15 is 0 Å². The minimum atomic E-state index is -0.134. The van der Waals surface area contributed by atoms with Gasteiger partial charge in [-0.2, -0.15) is 0 Å². The van der Waals surface area contributed by atoms with Crippen molar-refractivity contribution in [3.8, 4) is 11.5 Å². The van der Waals surface area contributed by atoms with Gasteiger partial charge in [-0.1, -0.05) is 50.9 Å². The fraction of sp³-hybridized carbons (Fsp3) is 0.0625. The van der Waals surface area contributed by atoms with Crippen molar-refractivity contribution in [2.75, 3.05) is 5.75 Å². The molecule has 24 heavy (non-hydrogen) atoms. The molecule has 2 aromatic carbocycles. The lowest BCUT2D eigenvalue weighted by molar-refractivity contribution is 0.102. The number of carbonyl (C=O) groups excluding carboxylic acids is 1. The van der Waals surface area contributed by atoms with Gasteiger partial charge >= 0.3 is 0 Å². The number of ketones is 1. The average Bonchev–Trinajstić information content (AvgIpc) is 3.02. The second kappa shape index (κ2) is 7.70. The molecule has 122 valence electrons. The molecule has 8 heteroatoms. The molecule has 0 radical (unpaired) electrons. The summed E-state index contributed by atoms with van der Waals surface area (Å²) in [5.41, 5.74) is 1.23. The number of hydrogen-bond acceptors (Lipinski definition) is 5. The normalized spacial score (nSPS) is 10.8. The van der Waals surface area contributed by atoms with Crippen LogP contribution in [-0.4, -0.2) is 21.7 Å². The number of aromatic nitrogens is 2. The van der Waals surface area contributed by atoms with Crippen LogP contribution < -0.4 is 0 Å². The van der Waals surface area contributed by atoms with Crippen LogP contribution in [0.3, 0.4) is 0 Å². The van der Waals surface area contributed by atoms with Crippen molar-refractivity contribution >= 4 is 56.7 Å². The van der Waals surface area contributed by atoms with E-state index in [0.717, 1.165) is 21.8 Å². The summed E-state index contributed by atoms with van der Waals surface area (Å²) in [5.74, 6) is 0.413. The molecular weight excluding hydrogens is 435 g/mol. The summed E-state index contributed by atoms with van der Waals surface area (Å²) in [4.78, 5) is 12.2. The molecule has 1 heterocycles. The van der Waals surface area contributed by atoms with Gasteiger partial charge in [0.2, 0.25) is 5.89 Å². The van der Waals surface area contributed by atoms with Gasteiger partial charge in [-0.3, -0.25) is 4.79 Å². The molecule has 3 rings (SSSR count). The monoisotopic (exact) mass is 442 g/mol. The van der Waals surface area contributed by atoms with E-state index in [4.69, 9.17) is 27.6 Å². The highest BCUT2D eigenvalue weighted by Crippen LogP contribution is 2.26. The Kier molecular flexibility index (Phi) is 5.61. The van der Waals surface area contributed by atoms with Crippen LogP contribution in [0.1, 0.15) is 10.4 Å². The Hall–Kier alpha value is -1.34. The maximum Gasteiger partial charge on any atom is 0.277 e. The van der Waals surface area contributed by atoms with E-state index in [0.29, 0.717) is 26.7 Å². The average molecular weight is 444 g/mol. The zero-order chi connectivity index (χ0) is 17.1. The highest BCUT2D eigenvalue weighted by atomic mass is 79.9. The molecule has 0 aliphatic carbocycles. The summed E-state index contributed by atoms with van der Waals surface area (Å²) in [7, 11) is 0. The summed E-state index contributed by atoms with van der Waals surface area (Å²) < 4.78 is 6.53. The third-order valence-electron chi connectivity index (χ3n) is 3.06. The molecule has 0 saturated carbocycles. The largest absolute Gasteiger partial charge is 0.411 e. The van der Waals surface area contributed by atoms with Gasteiger partial charge in [0.15, 0.2) is 5.78 Å². The van der Waals surface area contributed by atoms with Gasteiger partial charge in [0, 0.05) is 20.6 Å². The van der Waals surface area contributed by atoms with Crippen molar-refractivity contribution in [1.29, 1.82) is 0 Å². The highest BCUT2D eigenvalue weighted by Gasteiger charge is 2.14. The molecule has 1 aromatic heterocycles. The Balaban J connectivity index is 1.67. The van der Waals surface area contributed by atoms with Crippen LogP contribution in [0.15, 0.2) is 56.6 Å². The first kappa shape index (κ1) is 17.5. The minimum Gasteiger partial charge on any atom is -0.411 e. The van der Waals surface area contributed by atoms with E-state index < -0.39 is 0 Å². The summed E-state index contributed by atoms with van der Waals surface area (Å²) in [6, 6.07) is 12.3. The van der Waals surface area contributed by atoms with Gasteiger partial charge in [-0.05, 0) is 42.5 Å². The Labute approximate surface area is 160 Å². The van der Waals surface area contributed by atoms with Gasteiger partial charge in [-0.15, -0.1) is 10.2 Å².